The molecule has 0 fully saturated rings. The molecule has 0 bridgehead atoms. The van der Waals surface area contributed by atoms with Crippen molar-refractivity contribution in [3.8, 4) is 0 Å². The summed E-state index contributed by atoms with van der Waals surface area (Å²) >= 11 is 1.38. The van der Waals surface area contributed by atoms with Crippen LogP contribution in [0.5, 0.6) is 0 Å². The number of nitrogen functional groups attached to an aromatic ring is 1. The lowest BCUT2D eigenvalue weighted by atomic mass is 10.3. The highest BCUT2D eigenvalue weighted by molar-refractivity contribution is 7.22. The lowest BCUT2D eigenvalue weighted by Gasteiger charge is -1.99. The van der Waals surface area contributed by atoms with Crippen molar-refractivity contribution in [1.29, 1.82) is 0 Å². The number of nitrogens with two attached hydrogens (primary N) is 1. The number of anilines is 2. The molecular formula is C13H10N4OS. The first-order valence-corrected chi connectivity index (χ1v) is 6.42. The zero-order chi connectivity index (χ0) is 13.2. The Morgan fingerprint density at radius 1 is 1.26 bits per heavy atom. The number of pyridine rings is 1. The van der Waals surface area contributed by atoms with Gasteiger partial charge >= 0.3 is 0 Å². The Hall–Kier alpha value is -2.47. The zero-order valence-corrected chi connectivity index (χ0v) is 10.6. The molecule has 3 rings (SSSR count). The monoisotopic (exact) mass is 270 g/mol. The molecule has 3 aromatic rings. The Bertz CT molecular complexity index is 739. The molecule has 0 aliphatic carbocycles. The molecule has 19 heavy (non-hydrogen) atoms. The molecule has 1 amide bonds. The summed E-state index contributed by atoms with van der Waals surface area (Å²) in [5, 5.41) is 3.27. The smallest absolute Gasteiger partial charge is 0.276 e. The molecule has 0 aliphatic heterocycles. The van der Waals surface area contributed by atoms with Gasteiger partial charge in [-0.15, -0.1) is 0 Å². The van der Waals surface area contributed by atoms with Gasteiger partial charge in [-0.2, -0.15) is 0 Å². The summed E-state index contributed by atoms with van der Waals surface area (Å²) in [6.07, 6.45) is 1.58. The Morgan fingerprint density at radius 3 is 2.95 bits per heavy atom. The highest BCUT2D eigenvalue weighted by atomic mass is 32.1. The van der Waals surface area contributed by atoms with Crippen LogP contribution in [0.15, 0.2) is 42.6 Å². The fourth-order valence-electron chi connectivity index (χ4n) is 1.65. The van der Waals surface area contributed by atoms with Gasteiger partial charge < -0.3 is 5.73 Å². The van der Waals surface area contributed by atoms with Gasteiger partial charge in [0, 0.05) is 11.9 Å². The molecule has 0 saturated carbocycles. The van der Waals surface area contributed by atoms with Gasteiger partial charge in [-0.05, 0) is 30.3 Å². The van der Waals surface area contributed by atoms with Crippen molar-refractivity contribution in [1.82, 2.24) is 9.97 Å². The van der Waals surface area contributed by atoms with Crippen molar-refractivity contribution in [2.45, 2.75) is 0 Å². The number of fused-ring (bicyclic) bond motifs is 1. The van der Waals surface area contributed by atoms with Gasteiger partial charge in [-0.3, -0.25) is 15.1 Å². The van der Waals surface area contributed by atoms with E-state index in [1.807, 2.05) is 12.1 Å². The number of carbonyl (C=O) groups excluding carboxylic acids is 1. The standard InChI is InChI=1S/C13H10N4OS/c14-8-4-5-9-11(7-8)19-13(16-9)17-12(18)10-3-1-2-6-15-10/h1-7H,14H2,(H,16,17,18). The summed E-state index contributed by atoms with van der Waals surface area (Å²) in [5.41, 5.74) is 7.56. The van der Waals surface area contributed by atoms with Crippen molar-refractivity contribution in [2.24, 2.45) is 0 Å². The molecular weight excluding hydrogens is 260 g/mol. The lowest BCUT2D eigenvalue weighted by Crippen LogP contribution is -2.12. The number of amides is 1. The maximum absolute atomic E-state index is 11.9. The van der Waals surface area contributed by atoms with Gasteiger partial charge in [0.25, 0.3) is 5.91 Å². The topological polar surface area (TPSA) is 80.9 Å². The third kappa shape index (κ3) is 2.38. The fraction of sp³-hybridized carbons (Fsp3) is 0. The van der Waals surface area contributed by atoms with Crippen LogP contribution in [0.25, 0.3) is 10.2 Å². The Balaban J connectivity index is 1.87. The predicted octanol–water partition coefficient (Wildman–Crippen LogP) is 2.53. The van der Waals surface area contributed by atoms with Gasteiger partial charge in [0.15, 0.2) is 5.13 Å². The van der Waals surface area contributed by atoms with E-state index in [0.29, 0.717) is 16.5 Å². The van der Waals surface area contributed by atoms with Crippen LogP contribution in [0.2, 0.25) is 0 Å². The number of nitrogens with zero attached hydrogens (tertiary/aromatic N) is 2. The molecule has 0 atom stereocenters. The van der Waals surface area contributed by atoms with E-state index in [2.05, 4.69) is 15.3 Å². The molecule has 2 heterocycles. The van der Waals surface area contributed by atoms with E-state index < -0.39 is 0 Å². The number of nitrogens with one attached hydrogen (secondary N) is 1. The normalized spacial score (nSPS) is 10.5. The van der Waals surface area contributed by atoms with Crippen LogP contribution in [0, 0.1) is 0 Å². The molecule has 94 valence electrons. The maximum atomic E-state index is 11.9. The first kappa shape index (κ1) is 11.6. The minimum absolute atomic E-state index is 0.271. The molecule has 0 spiro atoms. The third-order valence-corrected chi connectivity index (χ3v) is 3.46. The quantitative estimate of drug-likeness (QED) is 0.701. The van der Waals surface area contributed by atoms with Crippen LogP contribution in [0.1, 0.15) is 10.5 Å². The van der Waals surface area contributed by atoms with Crippen LogP contribution >= 0.6 is 11.3 Å². The second-order valence-electron chi connectivity index (χ2n) is 3.92. The van der Waals surface area contributed by atoms with E-state index in [4.69, 9.17) is 5.73 Å². The average molecular weight is 270 g/mol. The molecule has 0 unspecified atom stereocenters. The summed E-state index contributed by atoms with van der Waals surface area (Å²) in [6.45, 7) is 0. The summed E-state index contributed by atoms with van der Waals surface area (Å²) < 4.78 is 0.941. The van der Waals surface area contributed by atoms with E-state index >= 15 is 0 Å². The van der Waals surface area contributed by atoms with Gasteiger partial charge in [-0.25, -0.2) is 4.98 Å². The van der Waals surface area contributed by atoms with Crippen LogP contribution in [0.4, 0.5) is 10.8 Å². The van der Waals surface area contributed by atoms with Gasteiger partial charge in [0.1, 0.15) is 5.69 Å². The van der Waals surface area contributed by atoms with Crippen molar-refractivity contribution < 1.29 is 4.79 Å². The summed E-state index contributed by atoms with van der Waals surface area (Å²) in [4.78, 5) is 20.2. The maximum Gasteiger partial charge on any atom is 0.276 e. The van der Waals surface area contributed by atoms with Gasteiger partial charge in [0.2, 0.25) is 0 Å². The van der Waals surface area contributed by atoms with E-state index in [1.165, 1.54) is 11.3 Å². The zero-order valence-electron chi connectivity index (χ0n) is 9.83. The fourth-order valence-corrected chi connectivity index (χ4v) is 2.56. The highest BCUT2D eigenvalue weighted by Crippen LogP contribution is 2.27. The Kier molecular flexibility index (Phi) is 2.85. The SMILES string of the molecule is Nc1ccc2nc(NC(=O)c3ccccn3)sc2c1. The van der Waals surface area contributed by atoms with Gasteiger partial charge in [0.05, 0.1) is 10.2 Å². The van der Waals surface area contributed by atoms with Crippen molar-refractivity contribution in [2.75, 3.05) is 11.1 Å². The summed E-state index contributed by atoms with van der Waals surface area (Å²) in [5.74, 6) is -0.271. The molecule has 6 heteroatoms. The molecule has 3 N–H and O–H groups in total. The molecule has 5 nitrogen and oxygen atoms in total. The summed E-state index contributed by atoms with van der Waals surface area (Å²) in [7, 11) is 0. The Labute approximate surface area is 113 Å². The van der Waals surface area contributed by atoms with Crippen LogP contribution in [-0.2, 0) is 0 Å². The first-order chi connectivity index (χ1) is 9.22. The predicted molar refractivity (Wildman–Crippen MR) is 76.2 cm³/mol. The minimum atomic E-state index is -0.271. The number of thiazole rings is 1. The lowest BCUT2D eigenvalue weighted by molar-refractivity contribution is 0.102. The molecule has 1 aromatic carbocycles. The number of hydrogen-bond donors (Lipinski definition) is 2. The van der Waals surface area contributed by atoms with Crippen molar-refractivity contribution >= 4 is 38.3 Å². The van der Waals surface area contributed by atoms with E-state index in [1.54, 1.807) is 30.5 Å². The van der Waals surface area contributed by atoms with Crippen molar-refractivity contribution in [3.63, 3.8) is 0 Å². The first-order valence-electron chi connectivity index (χ1n) is 5.61. The second kappa shape index (κ2) is 4.66. The number of hydrogen-bond acceptors (Lipinski definition) is 5. The molecule has 0 saturated heterocycles. The van der Waals surface area contributed by atoms with Crippen LogP contribution < -0.4 is 11.1 Å². The van der Waals surface area contributed by atoms with Crippen LogP contribution in [-0.4, -0.2) is 15.9 Å². The second-order valence-corrected chi connectivity index (χ2v) is 4.95. The summed E-state index contributed by atoms with van der Waals surface area (Å²) in [6, 6.07) is 10.6. The van der Waals surface area contributed by atoms with Crippen molar-refractivity contribution in [3.05, 3.63) is 48.3 Å². The molecule has 0 radical (unpaired) electrons. The van der Waals surface area contributed by atoms with Gasteiger partial charge in [-0.1, -0.05) is 17.4 Å². The number of carbonyl (C=O) groups is 1. The minimum Gasteiger partial charge on any atom is -0.399 e. The average Bonchev–Trinajstić information content (AvgIpc) is 2.81. The number of benzene rings is 1. The van der Waals surface area contributed by atoms with Crippen LogP contribution in [0.3, 0.4) is 0 Å². The molecule has 0 aliphatic rings. The third-order valence-electron chi connectivity index (χ3n) is 2.53. The number of rotatable bonds is 2. The molecule has 2 aromatic heterocycles. The highest BCUT2D eigenvalue weighted by Gasteiger charge is 2.10. The van der Waals surface area contributed by atoms with E-state index in [9.17, 15) is 4.79 Å². The Morgan fingerprint density at radius 2 is 2.16 bits per heavy atom. The van der Waals surface area contributed by atoms with E-state index in [-0.39, 0.29) is 5.91 Å². The largest absolute Gasteiger partial charge is 0.399 e. The van der Waals surface area contributed by atoms with E-state index in [0.717, 1.165) is 10.2 Å². The number of aromatic nitrogens is 2.